The number of hydrogen-bond donors (Lipinski definition) is 1. The molecule has 2 heterocycles. The Bertz CT molecular complexity index is 1160. The van der Waals surface area contributed by atoms with Gasteiger partial charge < -0.3 is 24.4 Å². The molecule has 38 heavy (non-hydrogen) atoms. The van der Waals surface area contributed by atoms with Crippen LogP contribution in [0.25, 0.3) is 0 Å². The predicted molar refractivity (Wildman–Crippen MR) is 150 cm³/mol. The van der Waals surface area contributed by atoms with E-state index in [-0.39, 0.29) is 11.4 Å². The predicted octanol–water partition coefficient (Wildman–Crippen LogP) is 5.65. The molecule has 1 N–H and O–H groups in total. The monoisotopic (exact) mass is 543 g/mol. The summed E-state index contributed by atoms with van der Waals surface area (Å²) in [6, 6.07) is 4.78. The van der Waals surface area contributed by atoms with Crippen molar-refractivity contribution >= 4 is 23.0 Å². The van der Waals surface area contributed by atoms with Crippen molar-refractivity contribution in [1.29, 1.82) is 0 Å². The molecule has 1 aromatic carbocycles. The van der Waals surface area contributed by atoms with Gasteiger partial charge in [0.1, 0.15) is 0 Å². The van der Waals surface area contributed by atoms with Crippen molar-refractivity contribution in [3.63, 3.8) is 0 Å². The molecule has 0 aliphatic carbocycles. The number of carbonyl (C=O) groups is 2. The van der Waals surface area contributed by atoms with Crippen molar-refractivity contribution in [3.8, 4) is 11.5 Å². The van der Waals surface area contributed by atoms with Gasteiger partial charge in [0, 0.05) is 6.54 Å². The maximum absolute atomic E-state index is 13.8. The Kier molecular flexibility index (Phi) is 10.7. The Morgan fingerprint density at radius 2 is 1.84 bits per heavy atom. The molecule has 0 radical (unpaired) electrons. The van der Waals surface area contributed by atoms with Gasteiger partial charge in [-0.05, 0) is 70.9 Å². The molecule has 208 valence electrons. The van der Waals surface area contributed by atoms with Crippen molar-refractivity contribution in [2.75, 3.05) is 39.4 Å². The molecule has 9 heteroatoms. The minimum atomic E-state index is -0.739. The Morgan fingerprint density at radius 1 is 1.11 bits per heavy atom. The number of thiazole rings is 1. The standard InChI is InChI=1S/C29H41N3O5S/c1-7-11-17-37-22-14-13-21(18-23(22)36-10-4)25-24(26(33)28-19(5)30-20(6)38-28)27(34)29(35)32(25)16-12-15-31(8-2)9-3/h13-14,18,25,34H,7-12,15-17H2,1-6H3. The molecule has 0 saturated heterocycles. The van der Waals surface area contributed by atoms with Gasteiger partial charge in [-0.15, -0.1) is 11.3 Å². The molecular weight excluding hydrogens is 502 g/mol. The van der Waals surface area contributed by atoms with Gasteiger partial charge in [0.25, 0.3) is 5.91 Å². The number of amides is 1. The number of ether oxygens (including phenoxy) is 2. The molecule has 1 aromatic heterocycles. The third-order valence-electron chi connectivity index (χ3n) is 6.76. The molecule has 1 aliphatic rings. The number of ketones is 1. The second-order valence-electron chi connectivity index (χ2n) is 9.36. The number of rotatable bonds is 15. The lowest BCUT2D eigenvalue weighted by molar-refractivity contribution is -0.129. The topological polar surface area (TPSA) is 92.2 Å². The highest BCUT2D eigenvalue weighted by Crippen LogP contribution is 2.42. The fourth-order valence-corrected chi connectivity index (χ4v) is 5.61. The molecule has 0 fully saturated rings. The van der Waals surface area contributed by atoms with Crippen molar-refractivity contribution < 1.29 is 24.2 Å². The maximum Gasteiger partial charge on any atom is 0.290 e. The van der Waals surface area contributed by atoms with E-state index in [1.54, 1.807) is 11.8 Å². The number of hydrogen-bond acceptors (Lipinski definition) is 8. The van der Waals surface area contributed by atoms with Gasteiger partial charge in [-0.25, -0.2) is 4.98 Å². The summed E-state index contributed by atoms with van der Waals surface area (Å²) >= 11 is 1.28. The van der Waals surface area contributed by atoms with E-state index in [0.29, 0.717) is 53.8 Å². The van der Waals surface area contributed by atoms with Gasteiger partial charge in [-0.1, -0.05) is 33.3 Å². The van der Waals surface area contributed by atoms with Crippen LogP contribution in [0, 0.1) is 13.8 Å². The molecule has 1 amide bonds. The van der Waals surface area contributed by atoms with E-state index in [4.69, 9.17) is 9.47 Å². The zero-order chi connectivity index (χ0) is 27.8. The van der Waals surface area contributed by atoms with Crippen molar-refractivity contribution in [3.05, 3.63) is 50.7 Å². The van der Waals surface area contributed by atoms with Crippen LogP contribution in [0.2, 0.25) is 0 Å². The van der Waals surface area contributed by atoms with Gasteiger partial charge >= 0.3 is 0 Å². The van der Waals surface area contributed by atoms with Gasteiger partial charge in [0.15, 0.2) is 17.3 Å². The number of benzene rings is 1. The number of unbranched alkanes of at least 4 members (excludes halogenated alkanes) is 1. The highest BCUT2D eigenvalue weighted by molar-refractivity contribution is 7.14. The van der Waals surface area contributed by atoms with Crippen molar-refractivity contribution in [2.45, 2.75) is 66.8 Å². The lowest BCUT2D eigenvalue weighted by Crippen LogP contribution is -2.34. The minimum absolute atomic E-state index is 0.0895. The quantitative estimate of drug-likeness (QED) is 0.229. The summed E-state index contributed by atoms with van der Waals surface area (Å²) in [4.78, 5) is 35.9. The summed E-state index contributed by atoms with van der Waals surface area (Å²) in [5.74, 6) is -0.208. The third kappa shape index (κ3) is 6.56. The molecule has 1 aliphatic heterocycles. The average Bonchev–Trinajstić information content (AvgIpc) is 3.37. The van der Waals surface area contributed by atoms with Gasteiger partial charge in [-0.3, -0.25) is 9.59 Å². The molecule has 1 unspecified atom stereocenters. The number of aliphatic hydroxyl groups excluding tert-OH is 1. The van der Waals surface area contributed by atoms with Crippen LogP contribution in [-0.4, -0.2) is 71.0 Å². The summed E-state index contributed by atoms with van der Waals surface area (Å²) in [6.07, 6.45) is 2.65. The molecule has 0 saturated carbocycles. The molecular formula is C29H41N3O5S. The fraction of sp³-hybridized carbons (Fsp3) is 0.552. The summed E-state index contributed by atoms with van der Waals surface area (Å²) < 4.78 is 11.8. The molecule has 0 spiro atoms. The Hall–Kier alpha value is -2.91. The van der Waals surface area contributed by atoms with Crippen LogP contribution in [-0.2, 0) is 4.79 Å². The summed E-state index contributed by atoms with van der Waals surface area (Å²) in [5.41, 5.74) is 1.38. The lowest BCUT2D eigenvalue weighted by atomic mass is 9.94. The largest absolute Gasteiger partial charge is 0.503 e. The van der Waals surface area contributed by atoms with Crippen LogP contribution >= 0.6 is 11.3 Å². The second-order valence-corrected chi connectivity index (χ2v) is 10.6. The summed E-state index contributed by atoms with van der Waals surface area (Å²) in [6.45, 7) is 15.9. The number of aromatic nitrogens is 1. The zero-order valence-corrected chi connectivity index (χ0v) is 24.3. The normalized spacial score (nSPS) is 15.6. The SMILES string of the molecule is CCCCOc1ccc(C2C(C(=O)c3sc(C)nc3C)=C(O)C(=O)N2CCCN(CC)CC)cc1OCC. The highest BCUT2D eigenvalue weighted by atomic mass is 32.1. The lowest BCUT2D eigenvalue weighted by Gasteiger charge is -2.28. The highest BCUT2D eigenvalue weighted by Gasteiger charge is 2.44. The van der Waals surface area contributed by atoms with Crippen LogP contribution in [0.3, 0.4) is 0 Å². The first kappa shape index (κ1) is 29.6. The first-order chi connectivity index (χ1) is 18.3. The Balaban J connectivity index is 2.03. The number of carbonyl (C=O) groups excluding carboxylic acids is 2. The van der Waals surface area contributed by atoms with E-state index in [0.717, 1.165) is 37.5 Å². The minimum Gasteiger partial charge on any atom is -0.503 e. The van der Waals surface area contributed by atoms with E-state index < -0.39 is 17.7 Å². The van der Waals surface area contributed by atoms with Crippen LogP contribution in [0.15, 0.2) is 29.5 Å². The van der Waals surface area contributed by atoms with Crippen molar-refractivity contribution in [2.24, 2.45) is 0 Å². The number of aryl methyl sites for hydroxylation is 2. The van der Waals surface area contributed by atoms with Crippen molar-refractivity contribution in [1.82, 2.24) is 14.8 Å². The van der Waals surface area contributed by atoms with E-state index in [1.165, 1.54) is 11.3 Å². The molecule has 2 aromatic rings. The number of Topliss-reactive ketones (excluding diaryl/α,β-unsaturated/α-hetero) is 1. The summed E-state index contributed by atoms with van der Waals surface area (Å²) in [5, 5.41) is 11.8. The van der Waals surface area contributed by atoms with E-state index >= 15 is 0 Å². The second kappa shape index (κ2) is 13.8. The molecule has 1 atom stereocenters. The van der Waals surface area contributed by atoms with Crippen LogP contribution < -0.4 is 9.47 Å². The number of aliphatic hydroxyl groups is 1. The Labute approximate surface area is 230 Å². The van der Waals surface area contributed by atoms with Gasteiger partial charge in [0.2, 0.25) is 5.78 Å². The van der Waals surface area contributed by atoms with E-state index in [1.807, 2.05) is 32.0 Å². The van der Waals surface area contributed by atoms with Gasteiger partial charge in [-0.2, -0.15) is 0 Å². The number of nitrogens with zero attached hydrogens (tertiary/aromatic N) is 3. The van der Waals surface area contributed by atoms with Crippen LogP contribution in [0.5, 0.6) is 11.5 Å². The molecule has 0 bridgehead atoms. The fourth-order valence-electron chi connectivity index (χ4n) is 4.74. The average molecular weight is 544 g/mol. The molecule has 3 rings (SSSR count). The van der Waals surface area contributed by atoms with Gasteiger partial charge in [0.05, 0.1) is 40.4 Å². The Morgan fingerprint density at radius 3 is 2.45 bits per heavy atom. The zero-order valence-electron chi connectivity index (χ0n) is 23.5. The van der Waals surface area contributed by atoms with Crippen LogP contribution in [0.4, 0.5) is 0 Å². The third-order valence-corrected chi connectivity index (χ3v) is 7.84. The molecule has 8 nitrogen and oxygen atoms in total. The van der Waals surface area contributed by atoms with E-state index in [9.17, 15) is 14.7 Å². The van der Waals surface area contributed by atoms with E-state index in [2.05, 4.69) is 30.7 Å². The smallest absolute Gasteiger partial charge is 0.290 e. The first-order valence-corrected chi connectivity index (χ1v) is 14.4. The first-order valence-electron chi connectivity index (χ1n) is 13.6. The maximum atomic E-state index is 13.8. The van der Waals surface area contributed by atoms with Crippen LogP contribution in [0.1, 0.15) is 78.9 Å². The summed E-state index contributed by atoms with van der Waals surface area (Å²) in [7, 11) is 0.